The van der Waals surface area contributed by atoms with Gasteiger partial charge in [0.15, 0.2) is 0 Å². The van der Waals surface area contributed by atoms with Gasteiger partial charge in [0.05, 0.1) is 6.42 Å². The van der Waals surface area contributed by atoms with Gasteiger partial charge >= 0.3 is 0 Å². The SMILES string of the molecule is NCc1ccc(CNC(=O)Cc2cccc(Cl)c2)cc1. The van der Waals surface area contributed by atoms with E-state index >= 15 is 0 Å². The largest absolute Gasteiger partial charge is 0.352 e. The molecule has 0 aromatic heterocycles. The molecule has 104 valence electrons. The second-order valence-electron chi connectivity index (χ2n) is 4.60. The maximum Gasteiger partial charge on any atom is 0.224 e. The summed E-state index contributed by atoms with van der Waals surface area (Å²) in [6.07, 6.45) is 0.335. The van der Waals surface area contributed by atoms with E-state index in [0.29, 0.717) is 24.5 Å². The summed E-state index contributed by atoms with van der Waals surface area (Å²) in [5.41, 5.74) is 8.59. The van der Waals surface area contributed by atoms with E-state index in [0.717, 1.165) is 16.7 Å². The predicted molar refractivity (Wildman–Crippen MR) is 81.3 cm³/mol. The fourth-order valence-corrected chi connectivity index (χ4v) is 2.10. The predicted octanol–water partition coefficient (Wildman–Crippen LogP) is 2.66. The smallest absolute Gasteiger partial charge is 0.224 e. The van der Waals surface area contributed by atoms with Crippen molar-refractivity contribution in [2.24, 2.45) is 5.73 Å². The van der Waals surface area contributed by atoms with Crippen LogP contribution in [0.1, 0.15) is 16.7 Å². The molecular weight excluding hydrogens is 272 g/mol. The molecule has 0 aliphatic heterocycles. The first kappa shape index (κ1) is 14.6. The van der Waals surface area contributed by atoms with E-state index in [1.165, 1.54) is 0 Å². The highest BCUT2D eigenvalue weighted by molar-refractivity contribution is 6.30. The molecule has 0 atom stereocenters. The highest BCUT2D eigenvalue weighted by atomic mass is 35.5. The zero-order chi connectivity index (χ0) is 14.4. The van der Waals surface area contributed by atoms with Crippen molar-refractivity contribution in [3.63, 3.8) is 0 Å². The third kappa shape index (κ3) is 4.37. The summed E-state index contributed by atoms with van der Waals surface area (Å²) in [5, 5.41) is 3.54. The molecule has 0 saturated heterocycles. The van der Waals surface area contributed by atoms with Gasteiger partial charge in [-0.2, -0.15) is 0 Å². The van der Waals surface area contributed by atoms with Crippen LogP contribution in [0.25, 0.3) is 0 Å². The molecular formula is C16H17ClN2O. The maximum atomic E-state index is 11.8. The molecule has 1 amide bonds. The normalized spacial score (nSPS) is 10.3. The molecule has 0 spiro atoms. The standard InChI is InChI=1S/C16H17ClN2O/c17-15-3-1-2-14(8-15)9-16(20)19-11-13-6-4-12(10-18)5-7-13/h1-8H,9-11,18H2,(H,19,20). The fraction of sp³-hybridized carbons (Fsp3) is 0.188. The number of halogens is 1. The van der Waals surface area contributed by atoms with E-state index in [1.54, 1.807) is 12.1 Å². The van der Waals surface area contributed by atoms with Crippen molar-refractivity contribution in [2.45, 2.75) is 19.5 Å². The Kier molecular flexibility index (Phi) is 5.16. The Morgan fingerprint density at radius 2 is 1.75 bits per heavy atom. The van der Waals surface area contributed by atoms with E-state index in [2.05, 4.69) is 5.32 Å². The number of carbonyl (C=O) groups is 1. The van der Waals surface area contributed by atoms with Crippen LogP contribution in [0.15, 0.2) is 48.5 Å². The van der Waals surface area contributed by atoms with Crippen LogP contribution in [0.3, 0.4) is 0 Å². The van der Waals surface area contributed by atoms with Gasteiger partial charge in [0.1, 0.15) is 0 Å². The molecule has 0 saturated carbocycles. The van der Waals surface area contributed by atoms with Gasteiger partial charge in [-0.3, -0.25) is 4.79 Å². The van der Waals surface area contributed by atoms with Crippen LogP contribution in [0.4, 0.5) is 0 Å². The minimum absolute atomic E-state index is 0.0184. The summed E-state index contributed by atoms with van der Waals surface area (Å²) in [6.45, 7) is 1.05. The van der Waals surface area contributed by atoms with Crippen molar-refractivity contribution < 1.29 is 4.79 Å². The van der Waals surface area contributed by atoms with Crippen molar-refractivity contribution in [1.82, 2.24) is 5.32 Å². The van der Waals surface area contributed by atoms with Crippen LogP contribution in [-0.2, 0) is 24.3 Å². The molecule has 0 bridgehead atoms. The summed E-state index contributed by atoms with van der Waals surface area (Å²) >= 11 is 5.89. The first-order valence-electron chi connectivity index (χ1n) is 6.46. The highest BCUT2D eigenvalue weighted by Gasteiger charge is 2.04. The Morgan fingerprint density at radius 1 is 1.05 bits per heavy atom. The molecule has 0 heterocycles. The summed E-state index contributed by atoms with van der Waals surface area (Å²) in [6, 6.07) is 15.2. The third-order valence-electron chi connectivity index (χ3n) is 3.00. The third-order valence-corrected chi connectivity index (χ3v) is 3.24. The van der Waals surface area contributed by atoms with Gasteiger partial charge in [-0.1, -0.05) is 48.0 Å². The lowest BCUT2D eigenvalue weighted by Crippen LogP contribution is -2.24. The summed E-state index contributed by atoms with van der Waals surface area (Å²) in [4.78, 5) is 11.8. The molecule has 2 aromatic carbocycles. The van der Waals surface area contributed by atoms with E-state index in [-0.39, 0.29) is 5.91 Å². The van der Waals surface area contributed by atoms with Crippen LogP contribution in [-0.4, -0.2) is 5.91 Å². The van der Waals surface area contributed by atoms with Crippen LogP contribution >= 0.6 is 11.6 Å². The maximum absolute atomic E-state index is 11.8. The molecule has 0 radical (unpaired) electrons. The van der Waals surface area contributed by atoms with Crippen molar-refractivity contribution in [2.75, 3.05) is 0 Å². The second kappa shape index (κ2) is 7.08. The number of rotatable bonds is 5. The molecule has 4 heteroatoms. The molecule has 3 N–H and O–H groups in total. The molecule has 2 rings (SSSR count). The monoisotopic (exact) mass is 288 g/mol. The van der Waals surface area contributed by atoms with Gasteiger partial charge in [0.25, 0.3) is 0 Å². The van der Waals surface area contributed by atoms with Crippen LogP contribution in [0, 0.1) is 0 Å². The van der Waals surface area contributed by atoms with Crippen LogP contribution in [0.5, 0.6) is 0 Å². The topological polar surface area (TPSA) is 55.1 Å². The van der Waals surface area contributed by atoms with Gasteiger partial charge in [0, 0.05) is 18.1 Å². The Labute approximate surface area is 123 Å². The van der Waals surface area contributed by atoms with Gasteiger partial charge in [-0.05, 0) is 28.8 Å². The number of carbonyl (C=O) groups excluding carboxylic acids is 1. The zero-order valence-electron chi connectivity index (χ0n) is 11.1. The van der Waals surface area contributed by atoms with E-state index in [9.17, 15) is 4.79 Å². The zero-order valence-corrected chi connectivity index (χ0v) is 11.9. The average Bonchev–Trinajstić information content (AvgIpc) is 2.46. The van der Waals surface area contributed by atoms with E-state index in [1.807, 2.05) is 36.4 Å². The van der Waals surface area contributed by atoms with Gasteiger partial charge in [0.2, 0.25) is 5.91 Å². The molecule has 0 fully saturated rings. The minimum Gasteiger partial charge on any atom is -0.352 e. The fourth-order valence-electron chi connectivity index (χ4n) is 1.89. The van der Waals surface area contributed by atoms with Crippen molar-refractivity contribution >= 4 is 17.5 Å². The lowest BCUT2D eigenvalue weighted by atomic mass is 10.1. The Bertz CT molecular complexity index is 581. The average molecular weight is 289 g/mol. The Morgan fingerprint density at radius 3 is 2.40 bits per heavy atom. The lowest BCUT2D eigenvalue weighted by Gasteiger charge is -2.06. The number of nitrogens with two attached hydrogens (primary N) is 1. The summed E-state index contributed by atoms with van der Waals surface area (Å²) in [7, 11) is 0. The number of amides is 1. The van der Waals surface area contributed by atoms with Crippen LogP contribution < -0.4 is 11.1 Å². The molecule has 2 aromatic rings. The Hall–Kier alpha value is -1.84. The molecule has 3 nitrogen and oxygen atoms in total. The first-order valence-corrected chi connectivity index (χ1v) is 6.84. The quantitative estimate of drug-likeness (QED) is 0.889. The van der Waals surface area contributed by atoms with Crippen molar-refractivity contribution in [1.29, 1.82) is 0 Å². The van der Waals surface area contributed by atoms with Crippen molar-refractivity contribution in [3.8, 4) is 0 Å². The number of hydrogen-bond acceptors (Lipinski definition) is 2. The second-order valence-corrected chi connectivity index (χ2v) is 5.04. The van der Waals surface area contributed by atoms with Gasteiger partial charge in [-0.15, -0.1) is 0 Å². The summed E-state index contributed by atoms with van der Waals surface area (Å²) in [5.74, 6) is -0.0184. The number of nitrogens with one attached hydrogen (secondary N) is 1. The number of benzene rings is 2. The van der Waals surface area contributed by atoms with Gasteiger partial charge in [-0.25, -0.2) is 0 Å². The van der Waals surface area contributed by atoms with Crippen molar-refractivity contribution in [3.05, 3.63) is 70.2 Å². The highest BCUT2D eigenvalue weighted by Crippen LogP contribution is 2.11. The van der Waals surface area contributed by atoms with Gasteiger partial charge < -0.3 is 11.1 Å². The van der Waals surface area contributed by atoms with E-state index in [4.69, 9.17) is 17.3 Å². The van der Waals surface area contributed by atoms with Crippen LogP contribution in [0.2, 0.25) is 5.02 Å². The molecule has 0 aliphatic rings. The first-order chi connectivity index (χ1) is 9.67. The summed E-state index contributed by atoms with van der Waals surface area (Å²) < 4.78 is 0. The van der Waals surface area contributed by atoms with E-state index < -0.39 is 0 Å². The molecule has 20 heavy (non-hydrogen) atoms. The molecule has 0 aliphatic carbocycles. The number of hydrogen-bond donors (Lipinski definition) is 2. The lowest BCUT2D eigenvalue weighted by molar-refractivity contribution is -0.120. The minimum atomic E-state index is -0.0184. The Balaban J connectivity index is 1.85. The molecule has 0 unspecified atom stereocenters.